The minimum Gasteiger partial charge on any atom is -0.309 e. The van der Waals surface area contributed by atoms with Gasteiger partial charge in [0.15, 0.2) is 8.07 Å². The third kappa shape index (κ3) is 5.21. The molecule has 0 amide bonds. The molecule has 0 fully saturated rings. The standard InChI is InChI=1S/C60H41N3Si/c1-5-20-42(21-6-1)61-51-31-16-13-28-48(51)58-54(61)34-19-35-57(58)64(45-24-9-3-10-25-45,46-26-11-4-12-27-46)47-38-36-44(37-39-47)63-53-33-18-15-30-50(53)60-56(63)41-40-55-59(60)49-29-14-17-32-52(49)62(55)43-22-7-2-8-23-43/h1-41H. The number of nitrogens with zero attached hydrogens (tertiary/aromatic N) is 3. The van der Waals surface area contributed by atoms with Crippen molar-refractivity contribution in [3.63, 3.8) is 0 Å². The zero-order valence-electron chi connectivity index (χ0n) is 35.0. The first-order valence-corrected chi connectivity index (χ1v) is 24.1. The number of fused-ring (bicyclic) bond motifs is 10. The Kier molecular flexibility index (Phi) is 8.23. The van der Waals surface area contributed by atoms with Gasteiger partial charge in [-0.25, -0.2) is 0 Å². The fraction of sp³-hybridized carbons (Fsp3) is 0. The third-order valence-corrected chi connectivity index (χ3v) is 18.4. The van der Waals surface area contributed by atoms with E-state index in [-0.39, 0.29) is 0 Å². The van der Waals surface area contributed by atoms with Gasteiger partial charge in [-0.05, 0) is 93.5 Å². The van der Waals surface area contributed by atoms with Gasteiger partial charge in [0.1, 0.15) is 0 Å². The van der Waals surface area contributed by atoms with E-state index in [2.05, 4.69) is 262 Å². The van der Waals surface area contributed by atoms with Crippen LogP contribution in [0.25, 0.3) is 82.5 Å². The molecule has 0 aliphatic heterocycles. The summed E-state index contributed by atoms with van der Waals surface area (Å²) < 4.78 is 7.34. The van der Waals surface area contributed by atoms with Gasteiger partial charge >= 0.3 is 0 Å². The van der Waals surface area contributed by atoms with Crippen LogP contribution in [-0.4, -0.2) is 21.8 Å². The Bertz CT molecular complexity index is 3830. The van der Waals surface area contributed by atoms with Crippen molar-refractivity contribution in [2.75, 3.05) is 0 Å². The van der Waals surface area contributed by atoms with E-state index < -0.39 is 8.07 Å². The van der Waals surface area contributed by atoms with E-state index in [0.29, 0.717) is 0 Å². The normalized spacial score (nSPS) is 12.1. The van der Waals surface area contributed by atoms with E-state index in [4.69, 9.17) is 0 Å². The van der Waals surface area contributed by atoms with Crippen molar-refractivity contribution in [3.05, 3.63) is 249 Å². The summed E-state index contributed by atoms with van der Waals surface area (Å²) in [7, 11) is -3.01. The topological polar surface area (TPSA) is 14.8 Å². The molecule has 0 saturated carbocycles. The quantitative estimate of drug-likeness (QED) is 0.112. The monoisotopic (exact) mass is 831 g/mol. The first-order valence-electron chi connectivity index (χ1n) is 22.1. The van der Waals surface area contributed by atoms with Gasteiger partial charge in [0.25, 0.3) is 0 Å². The van der Waals surface area contributed by atoms with Crippen LogP contribution in [0.3, 0.4) is 0 Å². The van der Waals surface area contributed by atoms with Gasteiger partial charge in [-0.3, -0.25) is 0 Å². The molecular weight excluding hydrogens is 791 g/mol. The molecule has 3 nitrogen and oxygen atoms in total. The van der Waals surface area contributed by atoms with Crippen molar-refractivity contribution in [1.29, 1.82) is 0 Å². The maximum Gasteiger partial charge on any atom is 0.180 e. The Balaban J connectivity index is 1.09. The summed E-state index contributed by atoms with van der Waals surface area (Å²) in [6.07, 6.45) is 0. The predicted octanol–water partition coefficient (Wildman–Crippen LogP) is 12.4. The Labute approximate surface area is 372 Å². The smallest absolute Gasteiger partial charge is 0.180 e. The SMILES string of the molecule is c1ccc(-n2c3ccccc3c3c([Si](c4ccccc4)(c4ccccc4)c4ccc(-n5c6ccccc6c6c7c8ccccc8n(-c8ccccc8)c7ccc65)cc4)cccc32)cc1. The number of hydrogen-bond acceptors (Lipinski definition) is 0. The molecule has 13 rings (SSSR count). The van der Waals surface area contributed by atoms with Crippen LogP contribution < -0.4 is 20.7 Å². The number of aromatic nitrogens is 3. The summed E-state index contributed by atoms with van der Waals surface area (Å²) in [5.74, 6) is 0. The van der Waals surface area contributed by atoms with Crippen molar-refractivity contribution in [2.24, 2.45) is 0 Å². The zero-order chi connectivity index (χ0) is 42.2. The maximum atomic E-state index is 2.48. The molecule has 3 aromatic heterocycles. The highest BCUT2D eigenvalue weighted by Gasteiger charge is 2.43. The number of benzene rings is 10. The lowest BCUT2D eigenvalue weighted by Crippen LogP contribution is -2.74. The molecule has 64 heavy (non-hydrogen) atoms. The Hall–Kier alpha value is -8.18. The maximum absolute atomic E-state index is 3.01. The molecule has 10 aromatic carbocycles. The number of para-hydroxylation sites is 5. The van der Waals surface area contributed by atoms with Gasteiger partial charge in [0.05, 0.1) is 33.1 Å². The van der Waals surface area contributed by atoms with E-state index in [9.17, 15) is 0 Å². The molecule has 4 heteroatoms. The minimum atomic E-state index is -3.01. The average molecular weight is 832 g/mol. The molecule has 0 bridgehead atoms. The molecule has 0 unspecified atom stereocenters. The van der Waals surface area contributed by atoms with Gasteiger partial charge in [-0.2, -0.15) is 0 Å². The molecule has 0 N–H and O–H groups in total. The molecule has 3 heterocycles. The second kappa shape index (κ2) is 14.5. The molecule has 0 saturated heterocycles. The lowest BCUT2D eigenvalue weighted by Gasteiger charge is -2.35. The second-order valence-corrected chi connectivity index (χ2v) is 20.6. The minimum absolute atomic E-state index is 1.14. The second-order valence-electron chi connectivity index (χ2n) is 16.8. The lowest BCUT2D eigenvalue weighted by molar-refractivity contribution is 1.17. The first kappa shape index (κ1) is 36.5. The summed E-state index contributed by atoms with van der Waals surface area (Å²) in [5.41, 5.74) is 10.7. The lowest BCUT2D eigenvalue weighted by atomic mass is 10.1. The third-order valence-electron chi connectivity index (χ3n) is 13.6. The first-order chi connectivity index (χ1) is 31.8. The summed E-state index contributed by atoms with van der Waals surface area (Å²) in [6, 6.07) is 92.2. The van der Waals surface area contributed by atoms with E-state index >= 15 is 0 Å². The Morgan fingerprint density at radius 1 is 0.219 bits per heavy atom. The molecule has 0 radical (unpaired) electrons. The van der Waals surface area contributed by atoms with Crippen LogP contribution in [-0.2, 0) is 0 Å². The van der Waals surface area contributed by atoms with Crippen molar-refractivity contribution in [2.45, 2.75) is 0 Å². The Morgan fingerprint density at radius 3 is 1.00 bits per heavy atom. The van der Waals surface area contributed by atoms with Crippen LogP contribution in [0.1, 0.15) is 0 Å². The summed E-state index contributed by atoms with van der Waals surface area (Å²) in [4.78, 5) is 0. The van der Waals surface area contributed by atoms with Gasteiger partial charge in [0, 0.05) is 49.4 Å². The summed E-state index contributed by atoms with van der Waals surface area (Å²) in [6.45, 7) is 0. The van der Waals surface area contributed by atoms with E-state index in [1.165, 1.54) is 86.2 Å². The number of hydrogen-bond donors (Lipinski definition) is 0. The fourth-order valence-electron chi connectivity index (χ4n) is 11.0. The van der Waals surface area contributed by atoms with Crippen LogP contribution in [0.15, 0.2) is 249 Å². The van der Waals surface area contributed by atoms with Crippen LogP contribution in [0.5, 0.6) is 0 Å². The van der Waals surface area contributed by atoms with Crippen molar-refractivity contribution < 1.29 is 0 Å². The molecule has 0 aliphatic rings. The number of rotatable bonds is 7. The van der Waals surface area contributed by atoms with Gasteiger partial charge < -0.3 is 13.7 Å². The summed E-state index contributed by atoms with van der Waals surface area (Å²) >= 11 is 0. The van der Waals surface area contributed by atoms with E-state index in [1.807, 2.05) is 0 Å². The largest absolute Gasteiger partial charge is 0.309 e. The Morgan fingerprint density at radius 2 is 0.547 bits per heavy atom. The zero-order valence-corrected chi connectivity index (χ0v) is 36.0. The van der Waals surface area contributed by atoms with Crippen LogP contribution >= 0.6 is 0 Å². The van der Waals surface area contributed by atoms with Gasteiger partial charge in [-0.1, -0.05) is 176 Å². The van der Waals surface area contributed by atoms with Crippen molar-refractivity contribution in [1.82, 2.24) is 13.7 Å². The predicted molar refractivity (Wildman–Crippen MR) is 273 cm³/mol. The van der Waals surface area contributed by atoms with Crippen LogP contribution in [0.2, 0.25) is 0 Å². The highest BCUT2D eigenvalue weighted by Crippen LogP contribution is 2.42. The van der Waals surface area contributed by atoms with Gasteiger partial charge in [0.2, 0.25) is 0 Å². The van der Waals surface area contributed by atoms with E-state index in [0.717, 1.165) is 17.1 Å². The molecule has 0 atom stereocenters. The van der Waals surface area contributed by atoms with Crippen molar-refractivity contribution in [3.8, 4) is 17.1 Å². The highest BCUT2D eigenvalue weighted by atomic mass is 28.3. The van der Waals surface area contributed by atoms with Crippen LogP contribution in [0, 0.1) is 0 Å². The van der Waals surface area contributed by atoms with Crippen LogP contribution in [0.4, 0.5) is 0 Å². The van der Waals surface area contributed by atoms with E-state index in [1.54, 1.807) is 0 Å². The molecule has 0 aliphatic carbocycles. The molecule has 13 aromatic rings. The summed E-state index contributed by atoms with van der Waals surface area (Å²) in [5, 5.41) is 13.1. The average Bonchev–Trinajstić information content (AvgIpc) is 4.02. The van der Waals surface area contributed by atoms with Gasteiger partial charge in [-0.15, -0.1) is 0 Å². The molecule has 0 spiro atoms. The molecular formula is C60H41N3Si. The molecule has 300 valence electrons. The fourth-order valence-corrected chi connectivity index (χ4v) is 16.0. The highest BCUT2D eigenvalue weighted by molar-refractivity contribution is 7.20. The van der Waals surface area contributed by atoms with Crippen molar-refractivity contribution >= 4 is 94.2 Å².